The molecule has 0 spiro atoms. The van der Waals surface area contributed by atoms with Crippen LogP contribution < -0.4 is 9.61 Å². The predicted molar refractivity (Wildman–Crippen MR) is 170 cm³/mol. The molecule has 0 aliphatic carbocycles. The van der Waals surface area contributed by atoms with Crippen LogP contribution in [0.5, 0.6) is 5.75 Å². The van der Waals surface area contributed by atoms with Crippen molar-refractivity contribution in [2.24, 2.45) is 11.1 Å². The zero-order valence-electron chi connectivity index (χ0n) is 24.0. The molecule has 0 saturated heterocycles. The molecule has 0 amide bonds. The number of hydrogen-bond donors (Lipinski definition) is 1. The molecule has 5 aromatic rings. The van der Waals surface area contributed by atoms with Gasteiger partial charge in [0.1, 0.15) is 18.1 Å². The van der Waals surface area contributed by atoms with E-state index >= 15 is 0 Å². The third-order valence-corrected chi connectivity index (χ3v) is 8.42. The maximum absolute atomic E-state index is 12.8. The van der Waals surface area contributed by atoms with E-state index in [0.29, 0.717) is 31.0 Å². The molecule has 0 aliphatic rings. The molecule has 0 aliphatic heterocycles. The van der Waals surface area contributed by atoms with Crippen molar-refractivity contribution in [2.45, 2.75) is 32.2 Å². The molecule has 1 aromatic heterocycles. The monoisotopic (exact) mass is 594 g/mol. The van der Waals surface area contributed by atoms with Gasteiger partial charge in [0.15, 0.2) is 0 Å². The SMILES string of the molecule is COC(=O)C(CCCc1ccccc1)Cc1ccc(OCCn2c(=O)sc3cc(/C(=N/O)c4ccccc4)ccc32)cc1. The van der Waals surface area contributed by atoms with Gasteiger partial charge in [-0.1, -0.05) is 95.4 Å². The van der Waals surface area contributed by atoms with Crippen molar-refractivity contribution in [3.05, 3.63) is 135 Å². The number of hydrogen-bond acceptors (Lipinski definition) is 7. The maximum atomic E-state index is 12.8. The second-order valence-corrected chi connectivity index (χ2v) is 11.3. The third-order valence-electron chi connectivity index (χ3n) is 7.47. The van der Waals surface area contributed by atoms with Crippen molar-refractivity contribution in [1.82, 2.24) is 4.57 Å². The van der Waals surface area contributed by atoms with E-state index in [9.17, 15) is 14.8 Å². The fraction of sp³-hybridized carbons (Fsp3) is 0.229. The molecule has 0 radical (unpaired) electrons. The van der Waals surface area contributed by atoms with Gasteiger partial charge in [0, 0.05) is 11.1 Å². The molecule has 4 aromatic carbocycles. The Morgan fingerprint density at radius 1 is 0.907 bits per heavy atom. The first kappa shape index (κ1) is 29.8. The summed E-state index contributed by atoms with van der Waals surface area (Å²) in [4.78, 5) is 25.2. The Kier molecular flexibility index (Phi) is 10.0. The van der Waals surface area contributed by atoms with Crippen LogP contribution in [0, 0.1) is 5.92 Å². The molecule has 0 fully saturated rings. The summed E-state index contributed by atoms with van der Waals surface area (Å²) in [5, 5.41) is 13.1. The number of aromatic nitrogens is 1. The lowest BCUT2D eigenvalue weighted by Gasteiger charge is -2.15. The summed E-state index contributed by atoms with van der Waals surface area (Å²) >= 11 is 1.16. The Balaban J connectivity index is 1.17. The predicted octanol–water partition coefficient (Wildman–Crippen LogP) is 6.72. The minimum atomic E-state index is -0.202. The zero-order valence-corrected chi connectivity index (χ0v) is 24.8. The van der Waals surface area contributed by atoms with Crippen LogP contribution in [0.25, 0.3) is 10.2 Å². The first-order valence-electron chi connectivity index (χ1n) is 14.3. The van der Waals surface area contributed by atoms with Gasteiger partial charge < -0.3 is 14.7 Å². The van der Waals surface area contributed by atoms with Crippen LogP contribution in [0.3, 0.4) is 0 Å². The molecular formula is C35H34N2O5S. The summed E-state index contributed by atoms with van der Waals surface area (Å²) in [6, 6.07) is 33.1. The normalized spacial score (nSPS) is 12.3. The number of ether oxygens (including phenoxy) is 2. The number of nitrogens with zero attached hydrogens (tertiary/aromatic N) is 2. The van der Waals surface area contributed by atoms with E-state index in [1.807, 2.05) is 91.0 Å². The number of carbonyl (C=O) groups is 1. The van der Waals surface area contributed by atoms with Gasteiger partial charge in [-0.2, -0.15) is 0 Å². The molecule has 0 saturated carbocycles. The van der Waals surface area contributed by atoms with Crippen LogP contribution in [0.15, 0.2) is 113 Å². The fourth-order valence-electron chi connectivity index (χ4n) is 5.23. The smallest absolute Gasteiger partial charge is 0.308 e. The Labute approximate surface area is 254 Å². The van der Waals surface area contributed by atoms with Gasteiger partial charge in [0.2, 0.25) is 0 Å². The van der Waals surface area contributed by atoms with Gasteiger partial charge in [0.05, 0.1) is 29.8 Å². The molecule has 0 bridgehead atoms. The topological polar surface area (TPSA) is 90.1 Å². The largest absolute Gasteiger partial charge is 0.492 e. The van der Waals surface area contributed by atoms with Crippen LogP contribution in [-0.4, -0.2) is 35.2 Å². The van der Waals surface area contributed by atoms with Crippen molar-refractivity contribution in [3.8, 4) is 5.75 Å². The highest BCUT2D eigenvalue weighted by atomic mass is 32.1. The quantitative estimate of drug-likeness (QED) is 0.0707. The van der Waals surface area contributed by atoms with E-state index in [-0.39, 0.29) is 16.8 Å². The van der Waals surface area contributed by atoms with E-state index < -0.39 is 0 Å². The summed E-state index contributed by atoms with van der Waals surface area (Å²) in [6.45, 7) is 0.718. The maximum Gasteiger partial charge on any atom is 0.308 e. The van der Waals surface area contributed by atoms with Gasteiger partial charge in [-0.25, -0.2) is 0 Å². The number of carbonyl (C=O) groups excluding carboxylic acids is 1. The summed E-state index contributed by atoms with van der Waals surface area (Å²) in [7, 11) is 1.44. The number of benzene rings is 4. The highest BCUT2D eigenvalue weighted by molar-refractivity contribution is 7.16. The molecule has 43 heavy (non-hydrogen) atoms. The second-order valence-electron chi connectivity index (χ2n) is 10.3. The number of oxime groups is 1. The number of esters is 1. The van der Waals surface area contributed by atoms with Crippen molar-refractivity contribution in [2.75, 3.05) is 13.7 Å². The summed E-state index contributed by atoms with van der Waals surface area (Å²) in [5.74, 6) is 0.310. The summed E-state index contributed by atoms with van der Waals surface area (Å²) < 4.78 is 13.6. The zero-order chi connectivity index (χ0) is 30.0. The standard InChI is InChI=1S/C35H34N2O5S/c1-41-34(38)29(14-8-11-25-9-4-2-5-10-25)23-26-15-18-30(19-16-26)42-22-21-37-31-20-17-28(24-32(31)43-35(37)39)33(36-40)27-12-6-3-7-13-27/h2-7,9-10,12-13,15-20,24,29,40H,8,11,14,21-23H2,1H3/b36-33+. The number of thiazole rings is 1. The molecule has 1 heterocycles. The van der Waals surface area contributed by atoms with Crippen molar-refractivity contribution in [3.63, 3.8) is 0 Å². The van der Waals surface area contributed by atoms with Gasteiger partial charge in [-0.15, -0.1) is 0 Å². The third kappa shape index (κ3) is 7.59. The lowest BCUT2D eigenvalue weighted by Crippen LogP contribution is -2.19. The molecule has 7 nitrogen and oxygen atoms in total. The highest BCUT2D eigenvalue weighted by Gasteiger charge is 2.19. The fourth-order valence-corrected chi connectivity index (χ4v) is 6.19. The highest BCUT2D eigenvalue weighted by Crippen LogP contribution is 2.23. The number of methoxy groups -OCH3 is 1. The van der Waals surface area contributed by atoms with E-state index in [1.54, 1.807) is 4.57 Å². The minimum absolute atomic E-state index is 0.0746. The first-order valence-corrected chi connectivity index (χ1v) is 15.1. The number of rotatable bonds is 13. The van der Waals surface area contributed by atoms with Gasteiger partial charge in [-0.05, 0) is 61.1 Å². The Morgan fingerprint density at radius 2 is 1.63 bits per heavy atom. The van der Waals surface area contributed by atoms with Gasteiger partial charge in [0.25, 0.3) is 0 Å². The Hall–Kier alpha value is -4.69. The van der Waals surface area contributed by atoms with Crippen molar-refractivity contribution < 1.29 is 19.5 Å². The van der Waals surface area contributed by atoms with Crippen LogP contribution in [0.1, 0.15) is 35.1 Å². The molecule has 5 rings (SSSR count). The summed E-state index contributed by atoms with van der Waals surface area (Å²) in [6.07, 6.45) is 3.20. The second kappa shape index (κ2) is 14.5. The Morgan fingerprint density at radius 3 is 2.33 bits per heavy atom. The van der Waals surface area contributed by atoms with Crippen molar-refractivity contribution in [1.29, 1.82) is 0 Å². The molecule has 220 valence electrons. The molecule has 1 unspecified atom stereocenters. The molecule has 1 N–H and O–H groups in total. The lowest BCUT2D eigenvalue weighted by atomic mass is 9.93. The van der Waals surface area contributed by atoms with E-state index in [2.05, 4.69) is 17.3 Å². The minimum Gasteiger partial charge on any atom is -0.492 e. The van der Waals surface area contributed by atoms with E-state index in [1.165, 1.54) is 12.7 Å². The van der Waals surface area contributed by atoms with Gasteiger partial charge >= 0.3 is 10.8 Å². The van der Waals surface area contributed by atoms with Crippen LogP contribution >= 0.6 is 11.3 Å². The van der Waals surface area contributed by atoms with Crippen molar-refractivity contribution >= 4 is 33.2 Å². The summed E-state index contributed by atoms with van der Waals surface area (Å²) in [5.41, 5.74) is 5.09. The average molecular weight is 595 g/mol. The average Bonchev–Trinajstić information content (AvgIpc) is 3.36. The van der Waals surface area contributed by atoms with E-state index in [4.69, 9.17) is 9.47 Å². The Bertz CT molecular complexity index is 1730. The molecular weight excluding hydrogens is 560 g/mol. The van der Waals surface area contributed by atoms with Crippen LogP contribution in [0.4, 0.5) is 0 Å². The van der Waals surface area contributed by atoms with E-state index in [0.717, 1.165) is 57.5 Å². The number of aryl methyl sites for hydroxylation is 1. The van der Waals surface area contributed by atoms with Gasteiger partial charge in [-0.3, -0.25) is 14.2 Å². The molecule has 8 heteroatoms. The number of fused-ring (bicyclic) bond motifs is 1. The first-order chi connectivity index (χ1) is 21.1. The van der Waals surface area contributed by atoms with Crippen LogP contribution in [0.2, 0.25) is 0 Å². The lowest BCUT2D eigenvalue weighted by molar-refractivity contribution is -0.145. The molecule has 1 atom stereocenters. The van der Waals surface area contributed by atoms with Crippen LogP contribution in [-0.2, 0) is 28.9 Å².